The van der Waals surface area contributed by atoms with Crippen molar-refractivity contribution in [2.75, 3.05) is 7.11 Å². The number of rotatable bonds is 4. The number of carbonyl (C=O) groups is 1. The third-order valence-electron chi connectivity index (χ3n) is 1.80. The van der Waals surface area contributed by atoms with Crippen molar-refractivity contribution in [3.8, 4) is 11.5 Å². The van der Waals surface area contributed by atoms with Gasteiger partial charge in [-0.1, -0.05) is 0 Å². The Bertz CT molecular complexity index is 406. The van der Waals surface area contributed by atoms with Crippen molar-refractivity contribution in [1.82, 2.24) is 0 Å². The summed E-state index contributed by atoms with van der Waals surface area (Å²) in [6, 6.07) is 4.42. The van der Waals surface area contributed by atoms with Crippen LogP contribution in [0.3, 0.4) is 0 Å². The van der Waals surface area contributed by atoms with Crippen LogP contribution in [-0.4, -0.2) is 23.8 Å². The topological polar surface area (TPSA) is 65.0 Å². The van der Waals surface area contributed by atoms with Crippen LogP contribution in [-0.2, 0) is 4.89 Å². The summed E-state index contributed by atoms with van der Waals surface area (Å²) in [5.74, 6) is -0.463. The average Bonchev–Trinajstić information content (AvgIpc) is 2.24. The fraction of sp³-hybridized carbons (Fsp3) is 0.417. The molecule has 0 atom stereocenters. The van der Waals surface area contributed by atoms with Crippen molar-refractivity contribution in [3.05, 3.63) is 23.8 Å². The first-order chi connectivity index (χ1) is 7.83. The van der Waals surface area contributed by atoms with Gasteiger partial charge in [-0.05, 0) is 32.9 Å². The number of aromatic carboxylic acids is 1. The molecule has 1 aromatic carbocycles. The Balaban J connectivity index is 2.97. The minimum Gasteiger partial charge on any atom is -0.497 e. The fourth-order valence-electron chi connectivity index (χ4n) is 1.05. The molecule has 1 N–H and O–H groups in total. The lowest BCUT2D eigenvalue weighted by molar-refractivity contribution is -0.274. The zero-order valence-electron chi connectivity index (χ0n) is 10.3. The summed E-state index contributed by atoms with van der Waals surface area (Å²) < 4.78 is 4.99. The molecule has 0 spiro atoms. The molecule has 0 aromatic heterocycles. The first-order valence-corrected chi connectivity index (χ1v) is 5.10. The molecule has 0 fully saturated rings. The molecule has 0 heterocycles. The summed E-state index contributed by atoms with van der Waals surface area (Å²) in [4.78, 5) is 21.1. The summed E-state index contributed by atoms with van der Waals surface area (Å²) in [6.07, 6.45) is 0. The Labute approximate surface area is 99.8 Å². The normalized spacial score (nSPS) is 11.1. The van der Waals surface area contributed by atoms with Crippen LogP contribution < -0.4 is 9.62 Å². The van der Waals surface area contributed by atoms with Gasteiger partial charge in [-0.2, -0.15) is 4.89 Å². The van der Waals surface area contributed by atoms with Crippen LogP contribution in [0.1, 0.15) is 31.1 Å². The lowest BCUT2D eigenvalue weighted by Crippen LogP contribution is -2.22. The lowest BCUT2D eigenvalue weighted by atomic mass is 10.2. The fourth-order valence-corrected chi connectivity index (χ4v) is 1.05. The van der Waals surface area contributed by atoms with Gasteiger partial charge in [0.2, 0.25) is 0 Å². The number of ether oxygens (including phenoxy) is 1. The van der Waals surface area contributed by atoms with E-state index in [-0.39, 0.29) is 11.3 Å². The molecule has 0 saturated carbocycles. The molecule has 0 aliphatic carbocycles. The molecule has 0 amide bonds. The summed E-state index contributed by atoms with van der Waals surface area (Å²) in [6.45, 7) is 5.40. The third-order valence-corrected chi connectivity index (χ3v) is 1.80. The van der Waals surface area contributed by atoms with Crippen LogP contribution in [0.4, 0.5) is 0 Å². The molecular formula is C12H16O5. The molecule has 0 unspecified atom stereocenters. The zero-order chi connectivity index (χ0) is 13.1. The second kappa shape index (κ2) is 5.05. The highest BCUT2D eigenvalue weighted by Gasteiger charge is 2.17. The van der Waals surface area contributed by atoms with Gasteiger partial charge in [0.05, 0.1) is 7.11 Å². The molecule has 0 aliphatic rings. The van der Waals surface area contributed by atoms with Crippen LogP contribution >= 0.6 is 0 Å². The number of hydrogen-bond acceptors (Lipinski definition) is 4. The van der Waals surface area contributed by atoms with E-state index in [0.29, 0.717) is 5.75 Å². The minimum atomic E-state index is -1.08. The summed E-state index contributed by atoms with van der Waals surface area (Å²) in [7, 11) is 1.49. The smallest absolute Gasteiger partial charge is 0.339 e. The third kappa shape index (κ3) is 3.96. The van der Waals surface area contributed by atoms with E-state index in [9.17, 15) is 4.79 Å². The molecule has 0 radical (unpaired) electrons. The van der Waals surface area contributed by atoms with Gasteiger partial charge < -0.3 is 14.7 Å². The summed E-state index contributed by atoms with van der Waals surface area (Å²) in [5, 5.41) is 8.98. The Hall–Kier alpha value is -1.75. The Morgan fingerprint density at radius 1 is 1.29 bits per heavy atom. The maximum Gasteiger partial charge on any atom is 0.339 e. The molecule has 17 heavy (non-hydrogen) atoms. The molecule has 0 bridgehead atoms. The van der Waals surface area contributed by atoms with Crippen molar-refractivity contribution in [3.63, 3.8) is 0 Å². The summed E-state index contributed by atoms with van der Waals surface area (Å²) in [5.41, 5.74) is -0.506. The van der Waals surface area contributed by atoms with Crippen molar-refractivity contribution < 1.29 is 24.4 Å². The van der Waals surface area contributed by atoms with Gasteiger partial charge in [-0.15, -0.1) is 0 Å². The molecular weight excluding hydrogens is 224 g/mol. The second-order valence-corrected chi connectivity index (χ2v) is 4.45. The molecule has 1 rings (SSSR count). The Morgan fingerprint density at radius 3 is 2.41 bits per heavy atom. The highest BCUT2D eigenvalue weighted by Crippen LogP contribution is 2.26. The van der Waals surface area contributed by atoms with Gasteiger partial charge in [-0.25, -0.2) is 4.79 Å². The van der Waals surface area contributed by atoms with Gasteiger partial charge in [0.1, 0.15) is 16.9 Å². The zero-order valence-corrected chi connectivity index (χ0v) is 10.3. The van der Waals surface area contributed by atoms with Crippen molar-refractivity contribution in [2.24, 2.45) is 0 Å². The molecule has 94 valence electrons. The van der Waals surface area contributed by atoms with Crippen molar-refractivity contribution >= 4 is 5.97 Å². The van der Waals surface area contributed by atoms with Gasteiger partial charge in [0.25, 0.3) is 0 Å². The predicted octanol–water partition coefficient (Wildman–Crippen LogP) is 2.50. The number of carboxylic acid groups (broad SMARTS) is 1. The van der Waals surface area contributed by atoms with E-state index in [1.807, 2.05) is 0 Å². The van der Waals surface area contributed by atoms with Crippen LogP contribution in [0.15, 0.2) is 18.2 Å². The second-order valence-electron chi connectivity index (χ2n) is 4.45. The maximum absolute atomic E-state index is 11.0. The Kier molecular flexibility index (Phi) is 3.96. The number of benzene rings is 1. The first-order valence-electron chi connectivity index (χ1n) is 5.10. The average molecular weight is 240 g/mol. The van der Waals surface area contributed by atoms with Crippen molar-refractivity contribution in [1.29, 1.82) is 0 Å². The molecule has 5 heteroatoms. The largest absolute Gasteiger partial charge is 0.497 e. The molecule has 0 saturated heterocycles. The van der Waals surface area contributed by atoms with E-state index < -0.39 is 11.6 Å². The molecule has 5 nitrogen and oxygen atoms in total. The van der Waals surface area contributed by atoms with Crippen LogP contribution in [0, 0.1) is 0 Å². The van der Waals surface area contributed by atoms with Crippen LogP contribution in [0.2, 0.25) is 0 Å². The van der Waals surface area contributed by atoms with Crippen LogP contribution in [0.25, 0.3) is 0 Å². The van der Waals surface area contributed by atoms with Gasteiger partial charge >= 0.3 is 5.97 Å². The van der Waals surface area contributed by atoms with E-state index in [2.05, 4.69) is 0 Å². The maximum atomic E-state index is 11.0. The van der Waals surface area contributed by atoms with E-state index in [0.717, 1.165) is 0 Å². The van der Waals surface area contributed by atoms with E-state index in [4.69, 9.17) is 19.6 Å². The van der Waals surface area contributed by atoms with Gasteiger partial charge in [0.15, 0.2) is 5.75 Å². The van der Waals surface area contributed by atoms with Crippen LogP contribution in [0.5, 0.6) is 11.5 Å². The van der Waals surface area contributed by atoms with Crippen molar-refractivity contribution in [2.45, 2.75) is 26.4 Å². The quantitative estimate of drug-likeness (QED) is 0.647. The van der Waals surface area contributed by atoms with Gasteiger partial charge in [-0.3, -0.25) is 0 Å². The van der Waals surface area contributed by atoms with Gasteiger partial charge in [0, 0.05) is 6.07 Å². The number of carboxylic acids is 1. The predicted molar refractivity (Wildman–Crippen MR) is 61.4 cm³/mol. The molecule has 1 aromatic rings. The molecule has 0 aliphatic heterocycles. The SMILES string of the molecule is COc1ccc(C(=O)O)c(OOC(C)(C)C)c1. The lowest BCUT2D eigenvalue weighted by Gasteiger charge is -2.18. The highest BCUT2D eigenvalue weighted by atomic mass is 17.2. The van der Waals surface area contributed by atoms with E-state index in [1.54, 1.807) is 26.8 Å². The van der Waals surface area contributed by atoms with E-state index in [1.165, 1.54) is 19.2 Å². The Morgan fingerprint density at radius 2 is 1.94 bits per heavy atom. The first kappa shape index (κ1) is 13.3. The van der Waals surface area contributed by atoms with E-state index >= 15 is 0 Å². The standard InChI is InChI=1S/C12H16O5/c1-12(2,3)17-16-10-7-8(15-4)5-6-9(10)11(13)14/h5-7H,1-4H3,(H,13,14). The number of methoxy groups -OCH3 is 1. The monoisotopic (exact) mass is 240 g/mol. The summed E-state index contributed by atoms with van der Waals surface area (Å²) >= 11 is 0. The minimum absolute atomic E-state index is 0.0232. The highest BCUT2D eigenvalue weighted by molar-refractivity contribution is 5.91. The number of hydrogen-bond donors (Lipinski definition) is 1.